The summed E-state index contributed by atoms with van der Waals surface area (Å²) in [5.41, 5.74) is 0.295. The van der Waals surface area contributed by atoms with Crippen LogP contribution in [0.4, 0.5) is 11.4 Å². The van der Waals surface area contributed by atoms with Gasteiger partial charge < -0.3 is 9.52 Å². The number of nitro benzene ring substituents is 2. The first-order valence-electron chi connectivity index (χ1n) is 7.11. The van der Waals surface area contributed by atoms with Gasteiger partial charge in [-0.15, -0.1) is 10.2 Å². The third-order valence-electron chi connectivity index (χ3n) is 3.27. The van der Waals surface area contributed by atoms with E-state index in [1.807, 2.05) is 0 Å². The van der Waals surface area contributed by atoms with E-state index in [1.54, 1.807) is 12.1 Å². The summed E-state index contributed by atoms with van der Waals surface area (Å²) in [6.45, 7) is 0. The van der Waals surface area contributed by atoms with Gasteiger partial charge in [-0.3, -0.25) is 20.2 Å². The number of phenolic OH excluding ortho intramolecular Hbond substituents is 1. The Morgan fingerprint density at radius 3 is 2.19 bits per heavy atom. The van der Waals surface area contributed by atoms with E-state index in [2.05, 4.69) is 10.2 Å². The van der Waals surface area contributed by atoms with Crippen LogP contribution in [0.25, 0.3) is 11.5 Å². The zero-order valence-electron chi connectivity index (χ0n) is 12.9. The number of hydrogen-bond acceptors (Lipinski definition) is 9. The van der Waals surface area contributed by atoms with Crippen LogP contribution in [0.15, 0.2) is 52.1 Å². The summed E-state index contributed by atoms with van der Waals surface area (Å²) >= 11 is 1.10. The molecule has 0 aliphatic rings. The fourth-order valence-corrected chi connectivity index (χ4v) is 2.78. The molecule has 3 rings (SSSR count). The molecule has 11 heteroatoms. The first-order valence-corrected chi connectivity index (χ1v) is 8.09. The lowest BCUT2D eigenvalue weighted by atomic mass is 10.2. The Morgan fingerprint density at radius 1 is 1.00 bits per heavy atom. The van der Waals surface area contributed by atoms with Crippen LogP contribution in [0.1, 0.15) is 5.56 Å². The second-order valence-corrected chi connectivity index (χ2v) is 6.01. The molecule has 0 radical (unpaired) electrons. The molecule has 132 valence electrons. The lowest BCUT2D eigenvalue weighted by Gasteiger charge is -2.00. The normalized spacial score (nSPS) is 10.6. The summed E-state index contributed by atoms with van der Waals surface area (Å²) in [7, 11) is 0. The second kappa shape index (κ2) is 7.19. The molecule has 0 amide bonds. The SMILES string of the molecule is O=[N+]([O-])c1cc(CSc2nnc(-c3ccc(O)cc3)o2)cc([N+](=O)[O-])c1. The lowest BCUT2D eigenvalue weighted by Crippen LogP contribution is -1.95. The van der Waals surface area contributed by atoms with Gasteiger partial charge in [0.15, 0.2) is 0 Å². The maximum absolute atomic E-state index is 10.9. The Balaban J connectivity index is 1.76. The van der Waals surface area contributed by atoms with Crippen LogP contribution in [0.2, 0.25) is 0 Å². The molecule has 1 heterocycles. The largest absolute Gasteiger partial charge is 0.508 e. The number of aromatic hydroxyl groups is 1. The van der Waals surface area contributed by atoms with E-state index < -0.39 is 9.85 Å². The summed E-state index contributed by atoms with van der Waals surface area (Å²) in [6.07, 6.45) is 0. The Hall–Kier alpha value is -3.47. The van der Waals surface area contributed by atoms with Crippen molar-refractivity contribution in [1.29, 1.82) is 0 Å². The van der Waals surface area contributed by atoms with E-state index in [9.17, 15) is 25.3 Å². The average molecular weight is 374 g/mol. The van der Waals surface area contributed by atoms with E-state index in [1.165, 1.54) is 24.3 Å². The predicted octanol–water partition coefficient (Wildman–Crippen LogP) is 3.55. The minimum absolute atomic E-state index is 0.107. The molecule has 0 saturated carbocycles. The lowest BCUT2D eigenvalue weighted by molar-refractivity contribution is -0.394. The van der Waals surface area contributed by atoms with Gasteiger partial charge in [0.05, 0.1) is 15.9 Å². The van der Waals surface area contributed by atoms with Crippen LogP contribution in [0, 0.1) is 20.2 Å². The summed E-state index contributed by atoms with van der Waals surface area (Å²) < 4.78 is 5.48. The van der Waals surface area contributed by atoms with Gasteiger partial charge in [0.2, 0.25) is 5.89 Å². The third-order valence-corrected chi connectivity index (χ3v) is 4.16. The van der Waals surface area contributed by atoms with E-state index >= 15 is 0 Å². The number of phenols is 1. The van der Waals surface area contributed by atoms with Gasteiger partial charge in [-0.05, 0) is 29.8 Å². The van der Waals surface area contributed by atoms with Gasteiger partial charge in [0, 0.05) is 23.4 Å². The molecular weight excluding hydrogens is 364 g/mol. The summed E-state index contributed by atoms with van der Waals surface area (Å²) in [6, 6.07) is 9.61. The molecule has 0 fully saturated rings. The molecule has 0 unspecified atom stereocenters. The highest BCUT2D eigenvalue weighted by atomic mass is 32.2. The second-order valence-electron chi connectivity index (χ2n) is 5.08. The highest BCUT2D eigenvalue weighted by molar-refractivity contribution is 7.98. The molecule has 0 spiro atoms. The quantitative estimate of drug-likeness (QED) is 0.388. The molecule has 0 bridgehead atoms. The van der Waals surface area contributed by atoms with Crippen molar-refractivity contribution in [3.8, 4) is 17.2 Å². The van der Waals surface area contributed by atoms with Gasteiger partial charge in [-0.2, -0.15) is 0 Å². The first kappa shape index (κ1) is 17.4. The Bertz CT molecular complexity index is 940. The van der Waals surface area contributed by atoms with Crippen molar-refractivity contribution in [3.05, 3.63) is 68.3 Å². The Morgan fingerprint density at radius 2 is 1.62 bits per heavy atom. The third kappa shape index (κ3) is 3.95. The monoisotopic (exact) mass is 374 g/mol. The highest BCUT2D eigenvalue weighted by Crippen LogP contribution is 2.29. The number of thioether (sulfide) groups is 1. The molecule has 1 N–H and O–H groups in total. The van der Waals surface area contributed by atoms with Crippen molar-refractivity contribution < 1.29 is 19.4 Å². The molecule has 3 aromatic rings. The van der Waals surface area contributed by atoms with E-state index in [0.717, 1.165) is 17.8 Å². The van der Waals surface area contributed by atoms with Crippen molar-refractivity contribution in [1.82, 2.24) is 10.2 Å². The molecule has 0 atom stereocenters. The maximum atomic E-state index is 10.9. The van der Waals surface area contributed by atoms with E-state index in [4.69, 9.17) is 4.42 Å². The van der Waals surface area contributed by atoms with Gasteiger partial charge in [0.1, 0.15) is 5.75 Å². The summed E-state index contributed by atoms with van der Waals surface area (Å²) in [4.78, 5) is 20.4. The first-order chi connectivity index (χ1) is 12.4. The minimum Gasteiger partial charge on any atom is -0.508 e. The van der Waals surface area contributed by atoms with Crippen molar-refractivity contribution in [2.75, 3.05) is 0 Å². The highest BCUT2D eigenvalue weighted by Gasteiger charge is 2.17. The van der Waals surface area contributed by atoms with Crippen LogP contribution in [-0.4, -0.2) is 25.2 Å². The molecule has 2 aromatic carbocycles. The van der Waals surface area contributed by atoms with Crippen LogP contribution < -0.4 is 0 Å². The molecule has 0 aliphatic heterocycles. The number of nitro groups is 2. The number of hydrogen-bond donors (Lipinski definition) is 1. The van der Waals surface area contributed by atoms with E-state index in [-0.39, 0.29) is 34.0 Å². The van der Waals surface area contributed by atoms with Gasteiger partial charge in [-0.25, -0.2) is 0 Å². The van der Waals surface area contributed by atoms with Crippen molar-refractivity contribution in [3.63, 3.8) is 0 Å². The van der Waals surface area contributed by atoms with Crippen LogP contribution in [0.3, 0.4) is 0 Å². The van der Waals surface area contributed by atoms with Gasteiger partial charge in [-0.1, -0.05) is 11.8 Å². The number of rotatable bonds is 6. The fourth-order valence-electron chi connectivity index (χ4n) is 2.08. The van der Waals surface area contributed by atoms with Crippen molar-refractivity contribution >= 4 is 23.1 Å². The van der Waals surface area contributed by atoms with Crippen LogP contribution in [0.5, 0.6) is 5.75 Å². The van der Waals surface area contributed by atoms with Crippen LogP contribution >= 0.6 is 11.8 Å². The zero-order valence-corrected chi connectivity index (χ0v) is 13.8. The van der Waals surface area contributed by atoms with Crippen molar-refractivity contribution in [2.45, 2.75) is 11.0 Å². The minimum atomic E-state index is -0.684. The standard InChI is InChI=1S/C15H10N4O6S/c20-13-3-1-10(2-4-13)14-16-17-15(25-14)26-8-9-5-11(18(21)22)7-12(6-9)19(23)24/h1-7,20H,8H2. The van der Waals surface area contributed by atoms with Gasteiger partial charge in [0.25, 0.3) is 16.6 Å². The fraction of sp³-hybridized carbons (Fsp3) is 0.0667. The molecule has 0 saturated heterocycles. The van der Waals surface area contributed by atoms with Gasteiger partial charge >= 0.3 is 0 Å². The molecular formula is C15H10N4O6S. The summed E-state index contributed by atoms with van der Waals surface area (Å²) in [5, 5.41) is 39.0. The predicted molar refractivity (Wildman–Crippen MR) is 90.7 cm³/mol. The van der Waals surface area contributed by atoms with Crippen LogP contribution in [-0.2, 0) is 5.75 Å². The number of benzene rings is 2. The topological polar surface area (TPSA) is 145 Å². The maximum Gasteiger partial charge on any atom is 0.277 e. The number of nitrogens with zero attached hydrogens (tertiary/aromatic N) is 4. The smallest absolute Gasteiger partial charge is 0.277 e. The molecule has 10 nitrogen and oxygen atoms in total. The molecule has 26 heavy (non-hydrogen) atoms. The van der Waals surface area contributed by atoms with E-state index in [0.29, 0.717) is 11.1 Å². The average Bonchev–Trinajstić information content (AvgIpc) is 3.09. The van der Waals surface area contributed by atoms with Crippen molar-refractivity contribution in [2.24, 2.45) is 0 Å². The zero-order chi connectivity index (χ0) is 18.7. The molecule has 0 aliphatic carbocycles. The Kier molecular flexibility index (Phi) is 4.80. The molecule has 1 aromatic heterocycles. The number of non-ortho nitro benzene ring substituents is 2. The summed E-state index contributed by atoms with van der Waals surface area (Å²) in [5.74, 6) is 0.535. The Labute approximate surface area is 149 Å². The number of aromatic nitrogens is 2.